The van der Waals surface area contributed by atoms with E-state index in [0.717, 1.165) is 64.9 Å². The fourth-order valence-electron chi connectivity index (χ4n) is 7.72. The maximum atomic E-state index is 13.7. The van der Waals surface area contributed by atoms with Crippen molar-refractivity contribution in [3.63, 3.8) is 0 Å². The van der Waals surface area contributed by atoms with Gasteiger partial charge < -0.3 is 0 Å². The van der Waals surface area contributed by atoms with Gasteiger partial charge in [0.2, 0.25) is 0 Å². The molecule has 5 aromatic rings. The Morgan fingerprint density at radius 1 is 0.390 bits per heavy atom. The van der Waals surface area contributed by atoms with Gasteiger partial charge in [-0.05, 0) is 0 Å². The van der Waals surface area contributed by atoms with Crippen molar-refractivity contribution < 1.29 is 19.1 Å². The third-order valence-electron chi connectivity index (χ3n) is 10.8. The number of benzene rings is 4. The van der Waals surface area contributed by atoms with Gasteiger partial charge in [-0.25, -0.2) is 0 Å². The SMILES string of the molecule is CC(C)(C)c1cc(C(O)(c2ccccc2)c2ccc(C(O)(c3ccccc3)c3cc(C(C)(C)C)c(O[Si](C)(C)C)c(C(C)(C)C)c3)[se]2)cc(C(C)(C)C)c1O[Si](C)(C)C. The van der Waals surface area contributed by atoms with Gasteiger partial charge in [-0.2, -0.15) is 0 Å². The molecule has 2 N–H and O–H groups in total. The van der Waals surface area contributed by atoms with Crippen molar-refractivity contribution in [1.82, 2.24) is 0 Å². The van der Waals surface area contributed by atoms with Crippen molar-refractivity contribution in [1.29, 1.82) is 0 Å². The Bertz CT molecular complexity index is 2020. The van der Waals surface area contributed by atoms with Crippen LogP contribution in [0.1, 0.15) is 136 Å². The molecule has 1 heterocycles. The number of aliphatic hydroxyl groups is 2. The molecule has 0 aliphatic heterocycles. The third-order valence-corrected chi connectivity index (χ3v) is 15.1. The molecule has 0 saturated heterocycles. The van der Waals surface area contributed by atoms with Crippen LogP contribution in [-0.2, 0) is 32.9 Å². The van der Waals surface area contributed by atoms with Crippen molar-refractivity contribution in [2.45, 2.75) is 155 Å². The van der Waals surface area contributed by atoms with Crippen LogP contribution in [0.25, 0.3) is 0 Å². The fourth-order valence-corrected chi connectivity index (χ4v) is 12.1. The van der Waals surface area contributed by atoms with Crippen molar-refractivity contribution in [2.24, 2.45) is 0 Å². The Kier molecular flexibility index (Phi) is 12.7. The summed E-state index contributed by atoms with van der Waals surface area (Å²) in [4.78, 5) is 0. The summed E-state index contributed by atoms with van der Waals surface area (Å²) >= 11 is -0.482. The van der Waals surface area contributed by atoms with E-state index < -0.39 is 42.3 Å². The van der Waals surface area contributed by atoms with Gasteiger partial charge in [0.1, 0.15) is 0 Å². The van der Waals surface area contributed by atoms with E-state index in [-0.39, 0.29) is 21.7 Å². The average Bonchev–Trinajstić information content (AvgIpc) is 3.60. The van der Waals surface area contributed by atoms with Crippen LogP contribution in [0.3, 0.4) is 0 Å². The molecule has 0 radical (unpaired) electrons. The summed E-state index contributed by atoms with van der Waals surface area (Å²) in [6.45, 7) is 40.1. The summed E-state index contributed by atoms with van der Waals surface area (Å²) in [5, 5.41) is 27.4. The van der Waals surface area contributed by atoms with E-state index in [0.29, 0.717) is 0 Å². The summed E-state index contributed by atoms with van der Waals surface area (Å²) < 4.78 is 15.7. The first-order valence-electron chi connectivity index (χ1n) is 21.2. The van der Waals surface area contributed by atoms with Gasteiger partial charge in [-0.3, -0.25) is 0 Å². The Morgan fingerprint density at radius 3 is 0.864 bits per heavy atom. The summed E-state index contributed by atoms with van der Waals surface area (Å²) in [7, 11) is -4.05. The van der Waals surface area contributed by atoms with E-state index in [4.69, 9.17) is 8.85 Å². The molecule has 2 atom stereocenters. The molecule has 0 bridgehead atoms. The number of rotatable bonds is 10. The average molecular weight is 896 g/mol. The number of hydrogen-bond acceptors (Lipinski definition) is 4. The molecule has 7 heteroatoms. The van der Waals surface area contributed by atoms with Crippen molar-refractivity contribution in [3.8, 4) is 11.5 Å². The molecule has 0 aliphatic rings. The van der Waals surface area contributed by atoms with Crippen LogP contribution in [0.2, 0.25) is 39.3 Å². The summed E-state index contributed by atoms with van der Waals surface area (Å²) in [6.07, 6.45) is 0. The van der Waals surface area contributed by atoms with E-state index in [1.165, 1.54) is 0 Å². The molecular weight excluding hydrogens is 824 g/mol. The molecule has 4 nitrogen and oxygen atoms in total. The first-order valence-corrected chi connectivity index (χ1v) is 29.7. The number of hydrogen-bond donors (Lipinski definition) is 2. The fraction of sp³-hybridized carbons (Fsp3) is 0.462. The maximum absolute atomic E-state index is 13.7. The molecule has 0 spiro atoms. The van der Waals surface area contributed by atoms with Gasteiger partial charge in [0.05, 0.1) is 0 Å². The van der Waals surface area contributed by atoms with Crippen LogP contribution in [0.4, 0.5) is 0 Å². The van der Waals surface area contributed by atoms with E-state index in [9.17, 15) is 10.2 Å². The van der Waals surface area contributed by atoms with Crippen molar-refractivity contribution in [2.75, 3.05) is 0 Å². The molecule has 0 amide bonds. The van der Waals surface area contributed by atoms with Crippen LogP contribution >= 0.6 is 0 Å². The first-order chi connectivity index (χ1) is 26.8. The predicted octanol–water partition coefficient (Wildman–Crippen LogP) is 12.9. The zero-order valence-corrected chi connectivity index (χ0v) is 43.1. The molecule has 0 aliphatic carbocycles. The Hall–Kier alpha value is -3.17. The van der Waals surface area contributed by atoms with Gasteiger partial charge >= 0.3 is 367 Å². The Balaban J connectivity index is 1.89. The topological polar surface area (TPSA) is 58.9 Å². The summed E-state index contributed by atoms with van der Waals surface area (Å²) in [5.74, 6) is 1.88. The third kappa shape index (κ3) is 9.98. The second-order valence-corrected chi connectivity index (χ2v) is 33.7. The van der Waals surface area contributed by atoms with Crippen molar-refractivity contribution >= 4 is 31.1 Å². The predicted molar refractivity (Wildman–Crippen MR) is 256 cm³/mol. The zero-order chi connectivity index (χ0) is 44.4. The first kappa shape index (κ1) is 46.9. The second-order valence-electron chi connectivity index (χ2n) is 22.5. The normalized spacial score (nSPS) is 15.4. The minimum absolute atomic E-state index is 0.268. The van der Waals surface area contributed by atoms with E-state index in [1.807, 2.05) is 60.7 Å². The molecule has 4 aromatic carbocycles. The second kappa shape index (κ2) is 15.9. The van der Waals surface area contributed by atoms with Gasteiger partial charge in [0, 0.05) is 0 Å². The molecule has 0 fully saturated rings. The zero-order valence-electron chi connectivity index (χ0n) is 39.4. The van der Waals surface area contributed by atoms with Crippen LogP contribution in [0.15, 0.2) is 97.1 Å². The quantitative estimate of drug-likeness (QED) is 0.137. The van der Waals surface area contributed by atoms with E-state index in [1.54, 1.807) is 0 Å². The van der Waals surface area contributed by atoms with E-state index in [2.05, 4.69) is 159 Å². The van der Waals surface area contributed by atoms with Gasteiger partial charge in [-0.1, -0.05) is 0 Å². The van der Waals surface area contributed by atoms with Gasteiger partial charge in [0.15, 0.2) is 0 Å². The Labute approximate surface area is 365 Å². The molecule has 5 rings (SSSR count). The van der Waals surface area contributed by atoms with Gasteiger partial charge in [-0.15, -0.1) is 0 Å². The minimum atomic E-state index is -2.03. The summed E-state index contributed by atoms with van der Waals surface area (Å²) in [5.41, 5.74) is 3.50. The van der Waals surface area contributed by atoms with Crippen LogP contribution < -0.4 is 8.85 Å². The van der Waals surface area contributed by atoms with Gasteiger partial charge in [0.25, 0.3) is 0 Å². The standard InChI is InChI=1S/C52H72O4SeSi2/c1-47(2,3)39-31-37(32-40(48(4,5)6)45(39)55-58(13,14)15)51(53,35-25-21-19-22-26-35)43-29-30-44(57-43)52(54,36-27-23-20-24-28-36)38-33-41(49(7,8)9)46(56-59(16,17)18)42(34-38)50(10,11)12/h19-34,53-54H,1-18H3. The molecular formula is C52H72O4SeSi2. The van der Waals surface area contributed by atoms with Crippen LogP contribution in [0, 0.1) is 0 Å². The molecule has 0 saturated carbocycles. The van der Waals surface area contributed by atoms with E-state index >= 15 is 0 Å². The molecule has 2 unspecified atom stereocenters. The molecule has 59 heavy (non-hydrogen) atoms. The Morgan fingerprint density at radius 2 is 0.644 bits per heavy atom. The van der Waals surface area contributed by atoms with Crippen LogP contribution in [0.5, 0.6) is 11.5 Å². The monoisotopic (exact) mass is 896 g/mol. The molecule has 318 valence electrons. The van der Waals surface area contributed by atoms with Crippen molar-refractivity contribution in [3.05, 3.63) is 150 Å². The molecule has 1 aromatic heterocycles. The summed E-state index contributed by atoms with van der Waals surface area (Å²) in [6, 6.07) is 33.0. The van der Waals surface area contributed by atoms with Crippen LogP contribution in [-0.4, -0.2) is 41.4 Å².